The maximum Gasteiger partial charge on any atom is 0.108 e. The van der Waals surface area contributed by atoms with Gasteiger partial charge in [-0.3, -0.25) is 4.90 Å². The summed E-state index contributed by atoms with van der Waals surface area (Å²) in [4.78, 5) is 2.03. The molecule has 0 radical (unpaired) electrons. The fourth-order valence-electron chi connectivity index (χ4n) is 1.90. The predicted molar refractivity (Wildman–Crippen MR) is 54.0 cm³/mol. The Balaban J connectivity index is 2.52. The first kappa shape index (κ1) is 11.9. The minimum atomic E-state index is -0.997. The number of aliphatic hydroxyl groups excluding tert-OH is 3. The summed E-state index contributed by atoms with van der Waals surface area (Å²) in [6.07, 6.45) is -0.505. The summed E-state index contributed by atoms with van der Waals surface area (Å²) in [5.41, 5.74) is 0. The number of piperidine rings is 1. The first-order valence-electron chi connectivity index (χ1n) is 5.36. The summed E-state index contributed by atoms with van der Waals surface area (Å²) in [6.45, 7) is 5.32. The number of β-amino-alcohol motifs (C(OH)–C–C–N with tert-alkyl or cyclic N) is 1. The van der Waals surface area contributed by atoms with Crippen LogP contribution in [-0.2, 0) is 0 Å². The third-order valence-electron chi connectivity index (χ3n) is 3.03. The highest BCUT2D eigenvalue weighted by Crippen LogP contribution is 2.18. The van der Waals surface area contributed by atoms with Crippen molar-refractivity contribution in [2.45, 2.75) is 51.0 Å². The second-order valence-electron chi connectivity index (χ2n) is 4.14. The molecule has 3 unspecified atom stereocenters. The molecular formula is C10H21NO3. The van der Waals surface area contributed by atoms with Crippen LogP contribution in [0.3, 0.4) is 0 Å². The largest absolute Gasteiger partial charge is 0.389 e. The number of aliphatic hydroxyl groups is 3. The molecule has 4 nitrogen and oxygen atoms in total. The van der Waals surface area contributed by atoms with Crippen LogP contribution in [0.15, 0.2) is 0 Å². The van der Waals surface area contributed by atoms with Crippen LogP contribution in [0.5, 0.6) is 0 Å². The van der Waals surface area contributed by atoms with Gasteiger partial charge in [0.25, 0.3) is 0 Å². The van der Waals surface area contributed by atoms with E-state index in [4.69, 9.17) is 0 Å². The molecule has 0 spiro atoms. The molecule has 4 heteroatoms. The Morgan fingerprint density at radius 3 is 2.43 bits per heavy atom. The van der Waals surface area contributed by atoms with Crippen LogP contribution in [0.1, 0.15) is 26.7 Å². The molecule has 1 fully saturated rings. The number of hydrogen-bond acceptors (Lipinski definition) is 4. The lowest BCUT2D eigenvalue weighted by atomic mass is 9.95. The lowest BCUT2D eigenvalue weighted by Crippen LogP contribution is -2.60. The molecule has 0 aromatic rings. The molecule has 14 heavy (non-hydrogen) atoms. The first-order valence-corrected chi connectivity index (χ1v) is 5.36. The SMILES string of the molecule is CCCCN1CC(O)C(O)[C@@H](O)C1C. The van der Waals surface area contributed by atoms with E-state index in [1.807, 2.05) is 11.8 Å². The average molecular weight is 203 g/mol. The molecule has 1 rings (SSSR count). The molecule has 0 aromatic carbocycles. The second-order valence-corrected chi connectivity index (χ2v) is 4.14. The van der Waals surface area contributed by atoms with E-state index in [1.54, 1.807) is 0 Å². The molecule has 1 aliphatic heterocycles. The van der Waals surface area contributed by atoms with Gasteiger partial charge in [-0.15, -0.1) is 0 Å². The molecule has 0 saturated carbocycles. The summed E-state index contributed by atoms with van der Waals surface area (Å²) in [7, 11) is 0. The van der Waals surface area contributed by atoms with Crippen LogP contribution < -0.4 is 0 Å². The molecule has 0 amide bonds. The minimum Gasteiger partial charge on any atom is -0.389 e. The average Bonchev–Trinajstić information content (AvgIpc) is 2.18. The van der Waals surface area contributed by atoms with Crippen molar-refractivity contribution < 1.29 is 15.3 Å². The van der Waals surface area contributed by atoms with Gasteiger partial charge in [-0.2, -0.15) is 0 Å². The van der Waals surface area contributed by atoms with E-state index in [9.17, 15) is 15.3 Å². The van der Waals surface area contributed by atoms with E-state index >= 15 is 0 Å². The summed E-state index contributed by atoms with van der Waals surface area (Å²) in [5, 5.41) is 28.6. The van der Waals surface area contributed by atoms with Gasteiger partial charge in [0.15, 0.2) is 0 Å². The van der Waals surface area contributed by atoms with Crippen LogP contribution in [-0.4, -0.2) is 57.7 Å². The zero-order valence-electron chi connectivity index (χ0n) is 8.93. The summed E-state index contributed by atoms with van der Waals surface area (Å²) in [5.74, 6) is 0. The third-order valence-corrected chi connectivity index (χ3v) is 3.03. The van der Waals surface area contributed by atoms with Gasteiger partial charge in [0.05, 0.1) is 12.2 Å². The Hall–Kier alpha value is -0.160. The van der Waals surface area contributed by atoms with Crippen LogP contribution >= 0.6 is 0 Å². The monoisotopic (exact) mass is 203 g/mol. The van der Waals surface area contributed by atoms with Crippen molar-refractivity contribution >= 4 is 0 Å². The van der Waals surface area contributed by atoms with Crippen LogP contribution in [0.25, 0.3) is 0 Å². The van der Waals surface area contributed by atoms with Crippen LogP contribution in [0, 0.1) is 0 Å². The van der Waals surface area contributed by atoms with Crippen molar-refractivity contribution in [2.24, 2.45) is 0 Å². The van der Waals surface area contributed by atoms with Gasteiger partial charge in [-0.25, -0.2) is 0 Å². The number of likely N-dealkylation sites (tertiary alicyclic amines) is 1. The summed E-state index contributed by atoms with van der Waals surface area (Å²) in [6, 6.07) is -0.0695. The van der Waals surface area contributed by atoms with Gasteiger partial charge in [0.2, 0.25) is 0 Å². The van der Waals surface area contributed by atoms with Crippen molar-refractivity contribution in [3.63, 3.8) is 0 Å². The molecule has 1 aliphatic rings. The Labute approximate surface area is 85.2 Å². The Kier molecular flexibility index (Phi) is 4.31. The molecule has 3 N–H and O–H groups in total. The molecular weight excluding hydrogens is 182 g/mol. The van der Waals surface area contributed by atoms with Crippen molar-refractivity contribution in [2.75, 3.05) is 13.1 Å². The predicted octanol–water partition coefficient (Wildman–Crippen LogP) is -0.427. The van der Waals surface area contributed by atoms with Gasteiger partial charge >= 0.3 is 0 Å². The Morgan fingerprint density at radius 2 is 1.86 bits per heavy atom. The molecule has 0 aromatic heterocycles. The van der Waals surface area contributed by atoms with Crippen molar-refractivity contribution in [1.82, 2.24) is 4.90 Å². The van der Waals surface area contributed by atoms with Crippen molar-refractivity contribution in [3.05, 3.63) is 0 Å². The smallest absolute Gasteiger partial charge is 0.108 e. The molecule has 1 heterocycles. The molecule has 0 bridgehead atoms. The lowest BCUT2D eigenvalue weighted by Gasteiger charge is -2.42. The van der Waals surface area contributed by atoms with Gasteiger partial charge in [0, 0.05) is 12.6 Å². The number of rotatable bonds is 3. The van der Waals surface area contributed by atoms with Crippen molar-refractivity contribution in [3.8, 4) is 0 Å². The fourth-order valence-corrected chi connectivity index (χ4v) is 1.90. The third kappa shape index (κ3) is 2.45. The van der Waals surface area contributed by atoms with Crippen LogP contribution in [0.4, 0.5) is 0 Å². The Morgan fingerprint density at radius 1 is 1.21 bits per heavy atom. The van der Waals surface area contributed by atoms with Crippen LogP contribution in [0.2, 0.25) is 0 Å². The maximum absolute atomic E-state index is 9.63. The second kappa shape index (κ2) is 5.07. The molecule has 1 saturated heterocycles. The molecule has 0 aliphatic carbocycles. The van der Waals surface area contributed by atoms with Gasteiger partial charge in [-0.1, -0.05) is 13.3 Å². The topological polar surface area (TPSA) is 63.9 Å². The highest BCUT2D eigenvalue weighted by molar-refractivity contribution is 4.91. The highest BCUT2D eigenvalue weighted by atomic mass is 16.4. The standard InChI is InChI=1S/C10H21NO3/c1-3-4-5-11-6-8(12)10(14)9(13)7(11)2/h7-10,12-14H,3-6H2,1-2H3/t7?,8?,9-,10?/m0/s1. The zero-order chi connectivity index (χ0) is 10.7. The Bertz CT molecular complexity index is 177. The lowest BCUT2D eigenvalue weighted by molar-refractivity contribution is -0.133. The number of unbranched alkanes of at least 4 members (excludes halogenated alkanes) is 1. The van der Waals surface area contributed by atoms with Gasteiger partial charge < -0.3 is 15.3 Å². The first-order chi connectivity index (χ1) is 6.57. The number of nitrogens with zero attached hydrogens (tertiary/aromatic N) is 1. The van der Waals surface area contributed by atoms with Gasteiger partial charge in [0.1, 0.15) is 6.10 Å². The number of hydrogen-bond donors (Lipinski definition) is 3. The van der Waals surface area contributed by atoms with E-state index in [2.05, 4.69) is 6.92 Å². The maximum atomic E-state index is 9.63. The van der Waals surface area contributed by atoms with E-state index in [1.165, 1.54) is 0 Å². The van der Waals surface area contributed by atoms with Crippen molar-refractivity contribution in [1.29, 1.82) is 0 Å². The van der Waals surface area contributed by atoms with E-state index in [-0.39, 0.29) is 6.04 Å². The van der Waals surface area contributed by atoms with E-state index in [0.29, 0.717) is 6.54 Å². The molecule has 4 atom stereocenters. The summed E-state index contributed by atoms with van der Waals surface area (Å²) < 4.78 is 0. The zero-order valence-corrected chi connectivity index (χ0v) is 8.93. The highest BCUT2D eigenvalue weighted by Gasteiger charge is 2.38. The fraction of sp³-hybridized carbons (Fsp3) is 1.00. The summed E-state index contributed by atoms with van der Waals surface area (Å²) >= 11 is 0. The van der Waals surface area contributed by atoms with E-state index < -0.39 is 18.3 Å². The quantitative estimate of drug-likeness (QED) is 0.582. The minimum absolute atomic E-state index is 0.0695. The molecule has 84 valence electrons. The van der Waals surface area contributed by atoms with Gasteiger partial charge in [-0.05, 0) is 19.9 Å². The normalized spacial score (nSPS) is 40.1. The van der Waals surface area contributed by atoms with E-state index in [0.717, 1.165) is 19.4 Å².